The van der Waals surface area contributed by atoms with Crippen LogP contribution in [0.15, 0.2) is 66.9 Å². The molecular formula is C33H39N5O10. The third-order valence-electron chi connectivity index (χ3n) is 7.48. The van der Waals surface area contributed by atoms with Crippen molar-refractivity contribution in [2.24, 2.45) is 0 Å². The van der Waals surface area contributed by atoms with Crippen LogP contribution in [0, 0.1) is 0 Å². The molecule has 1 aliphatic rings. The van der Waals surface area contributed by atoms with Gasteiger partial charge in [0.15, 0.2) is 11.5 Å². The molecule has 2 aromatic carbocycles. The van der Waals surface area contributed by atoms with Crippen LogP contribution in [0.3, 0.4) is 0 Å². The van der Waals surface area contributed by atoms with Crippen LogP contribution in [-0.2, 0) is 25.7 Å². The molecule has 15 heteroatoms. The summed E-state index contributed by atoms with van der Waals surface area (Å²) in [6.45, 7) is -0.156. The van der Waals surface area contributed by atoms with Gasteiger partial charge in [0.1, 0.15) is 25.1 Å². The molecule has 0 aliphatic carbocycles. The summed E-state index contributed by atoms with van der Waals surface area (Å²) in [4.78, 5) is 56.4. The second-order valence-corrected chi connectivity index (χ2v) is 10.7. The first kappa shape index (κ1) is 35.3. The van der Waals surface area contributed by atoms with Gasteiger partial charge in [-0.25, -0.2) is 14.6 Å². The van der Waals surface area contributed by atoms with E-state index in [0.717, 1.165) is 5.56 Å². The molecule has 0 spiro atoms. The molecule has 3 amide bonds. The van der Waals surface area contributed by atoms with E-state index >= 15 is 0 Å². The van der Waals surface area contributed by atoms with E-state index in [2.05, 4.69) is 20.9 Å². The lowest BCUT2D eigenvalue weighted by Crippen LogP contribution is -2.49. The Hall–Kier alpha value is -5.57. The predicted molar refractivity (Wildman–Crippen MR) is 172 cm³/mol. The normalized spacial score (nSPS) is 15.9. The number of benzene rings is 2. The van der Waals surface area contributed by atoms with Crippen LogP contribution < -0.4 is 30.2 Å². The maximum Gasteiger partial charge on any atom is 0.410 e. The average molecular weight is 666 g/mol. The van der Waals surface area contributed by atoms with E-state index in [1.54, 1.807) is 17.2 Å². The third kappa shape index (κ3) is 9.72. The number of rotatable bonds is 16. The molecule has 0 bridgehead atoms. The second kappa shape index (κ2) is 17.4. The first-order chi connectivity index (χ1) is 23.2. The predicted octanol–water partition coefficient (Wildman–Crippen LogP) is 2.32. The minimum atomic E-state index is -1.45. The van der Waals surface area contributed by atoms with Crippen molar-refractivity contribution >= 4 is 29.7 Å². The fourth-order valence-corrected chi connectivity index (χ4v) is 5.02. The fraction of sp³-hybridized carbons (Fsp3) is 0.364. The standard InChI is InChI=1S/C33H39N5O10/c1-44-26-13-22(14-27(45-2)30(26)46-3)31(40)37-25(32(41)42)17-36-29(39)20-47-24-15-23(16-35-28-11-7-8-12-34-28)38(18-24)33(43)48-19-21-9-5-4-6-10-21/h4-14,23-25H,15-20H2,1-3H3,(H,34,35)(H,36,39)(H,37,40)(H,41,42)/t23-,24+,25-/m0/s1. The highest BCUT2D eigenvalue weighted by atomic mass is 16.6. The highest BCUT2D eigenvalue weighted by Crippen LogP contribution is 2.38. The van der Waals surface area contributed by atoms with Crippen molar-refractivity contribution in [3.8, 4) is 17.2 Å². The third-order valence-corrected chi connectivity index (χ3v) is 7.48. The molecule has 0 radical (unpaired) electrons. The number of nitrogens with zero attached hydrogens (tertiary/aromatic N) is 2. The largest absolute Gasteiger partial charge is 0.493 e. The number of likely N-dealkylation sites (tertiary alicyclic amines) is 1. The molecule has 3 aromatic rings. The van der Waals surface area contributed by atoms with Gasteiger partial charge in [0.2, 0.25) is 11.7 Å². The van der Waals surface area contributed by atoms with E-state index in [9.17, 15) is 24.3 Å². The number of hydrogen-bond donors (Lipinski definition) is 4. The molecule has 1 aromatic heterocycles. The SMILES string of the molecule is COc1cc(C(=O)N[C@@H](CNC(=O)CO[C@@H]2C[C@@H](CNc3ccccn3)N(C(=O)OCc3ccccc3)C2)C(=O)O)cc(OC)c1OC. The number of aliphatic carboxylic acids is 1. The van der Waals surface area contributed by atoms with E-state index in [4.69, 9.17) is 23.7 Å². The van der Waals surface area contributed by atoms with Crippen LogP contribution in [0.4, 0.5) is 10.6 Å². The average Bonchev–Trinajstić information content (AvgIpc) is 3.53. The molecule has 15 nitrogen and oxygen atoms in total. The number of carboxylic acid groups (broad SMARTS) is 1. The Balaban J connectivity index is 1.31. The number of ether oxygens (including phenoxy) is 5. The van der Waals surface area contributed by atoms with Gasteiger partial charge in [0.05, 0.1) is 40.0 Å². The van der Waals surface area contributed by atoms with Gasteiger partial charge in [-0.1, -0.05) is 36.4 Å². The minimum absolute atomic E-state index is 0.0607. The number of nitrogens with one attached hydrogen (secondary N) is 3. The lowest BCUT2D eigenvalue weighted by atomic mass is 10.1. The van der Waals surface area contributed by atoms with E-state index in [1.165, 1.54) is 33.5 Å². The highest BCUT2D eigenvalue weighted by Gasteiger charge is 2.37. The van der Waals surface area contributed by atoms with Gasteiger partial charge in [-0.15, -0.1) is 0 Å². The number of pyridine rings is 1. The fourth-order valence-electron chi connectivity index (χ4n) is 5.02. The molecule has 2 heterocycles. The van der Waals surface area contributed by atoms with Crippen molar-refractivity contribution in [3.63, 3.8) is 0 Å². The quantitative estimate of drug-likeness (QED) is 0.175. The van der Waals surface area contributed by atoms with Gasteiger partial charge < -0.3 is 49.6 Å². The molecule has 48 heavy (non-hydrogen) atoms. The zero-order valence-electron chi connectivity index (χ0n) is 26.8. The van der Waals surface area contributed by atoms with Gasteiger partial charge in [-0.05, 0) is 36.2 Å². The summed E-state index contributed by atoms with van der Waals surface area (Å²) in [6, 6.07) is 15.7. The second-order valence-electron chi connectivity index (χ2n) is 10.7. The maximum atomic E-state index is 13.1. The Labute approximate surface area is 277 Å². The first-order valence-electron chi connectivity index (χ1n) is 15.1. The Morgan fingerprint density at radius 2 is 1.69 bits per heavy atom. The minimum Gasteiger partial charge on any atom is -0.493 e. The molecule has 1 saturated heterocycles. The number of carboxylic acids is 1. The van der Waals surface area contributed by atoms with Crippen molar-refractivity contribution in [2.75, 3.05) is 52.9 Å². The topological polar surface area (TPSA) is 187 Å². The first-order valence-corrected chi connectivity index (χ1v) is 15.1. The molecule has 3 atom stereocenters. The Kier molecular flexibility index (Phi) is 12.8. The summed E-state index contributed by atoms with van der Waals surface area (Å²) < 4.78 is 27.1. The van der Waals surface area contributed by atoms with Gasteiger partial charge in [-0.2, -0.15) is 0 Å². The molecule has 256 valence electrons. The number of carbonyl (C=O) groups is 4. The van der Waals surface area contributed by atoms with E-state index in [-0.39, 0.29) is 42.0 Å². The van der Waals surface area contributed by atoms with E-state index in [1.807, 2.05) is 42.5 Å². The number of anilines is 1. The van der Waals surface area contributed by atoms with Gasteiger partial charge in [0, 0.05) is 24.8 Å². The van der Waals surface area contributed by atoms with Crippen molar-refractivity contribution < 1.29 is 48.0 Å². The summed E-state index contributed by atoms with van der Waals surface area (Å²) in [5.41, 5.74) is 0.905. The summed E-state index contributed by atoms with van der Waals surface area (Å²) >= 11 is 0. The summed E-state index contributed by atoms with van der Waals surface area (Å²) in [5.74, 6) is -1.36. The molecule has 1 fully saturated rings. The lowest BCUT2D eigenvalue weighted by Gasteiger charge is -2.24. The Bertz CT molecular complexity index is 1520. The number of hydrogen-bond acceptors (Lipinski definition) is 11. The Morgan fingerprint density at radius 3 is 2.31 bits per heavy atom. The molecule has 4 N–H and O–H groups in total. The summed E-state index contributed by atoms with van der Waals surface area (Å²) in [5, 5.41) is 17.8. The zero-order valence-corrected chi connectivity index (χ0v) is 26.8. The van der Waals surface area contributed by atoms with Crippen LogP contribution in [0.2, 0.25) is 0 Å². The highest BCUT2D eigenvalue weighted by molar-refractivity contribution is 5.98. The van der Waals surface area contributed by atoms with Gasteiger partial charge in [0.25, 0.3) is 5.91 Å². The van der Waals surface area contributed by atoms with Gasteiger partial charge >= 0.3 is 12.1 Å². The van der Waals surface area contributed by atoms with Crippen LogP contribution >= 0.6 is 0 Å². The smallest absolute Gasteiger partial charge is 0.410 e. The molecule has 0 unspecified atom stereocenters. The van der Waals surface area contributed by atoms with Crippen molar-refractivity contribution in [3.05, 3.63) is 78.0 Å². The number of carbonyl (C=O) groups excluding carboxylic acids is 3. The molecule has 0 saturated carbocycles. The zero-order chi connectivity index (χ0) is 34.5. The Morgan fingerprint density at radius 1 is 0.979 bits per heavy atom. The number of methoxy groups -OCH3 is 3. The molecule has 1 aliphatic heterocycles. The maximum absolute atomic E-state index is 13.1. The van der Waals surface area contributed by atoms with Crippen LogP contribution in [0.1, 0.15) is 22.3 Å². The monoisotopic (exact) mass is 665 g/mol. The lowest BCUT2D eigenvalue weighted by molar-refractivity contribution is -0.139. The van der Waals surface area contributed by atoms with Crippen LogP contribution in [0.25, 0.3) is 0 Å². The molecular weight excluding hydrogens is 626 g/mol. The van der Waals surface area contributed by atoms with Crippen LogP contribution in [-0.4, -0.2) is 105 Å². The van der Waals surface area contributed by atoms with E-state index < -0.39 is 49.2 Å². The van der Waals surface area contributed by atoms with E-state index in [0.29, 0.717) is 18.8 Å². The van der Waals surface area contributed by atoms with Crippen LogP contribution in [0.5, 0.6) is 17.2 Å². The van der Waals surface area contributed by atoms with Crippen molar-refractivity contribution in [2.45, 2.75) is 31.2 Å². The van der Waals surface area contributed by atoms with Gasteiger partial charge in [-0.3, -0.25) is 9.59 Å². The number of amides is 3. The van der Waals surface area contributed by atoms with Crippen molar-refractivity contribution in [1.29, 1.82) is 0 Å². The molecule has 4 rings (SSSR count). The number of aromatic nitrogens is 1. The van der Waals surface area contributed by atoms with Crippen molar-refractivity contribution in [1.82, 2.24) is 20.5 Å². The summed E-state index contributed by atoms with van der Waals surface area (Å²) in [6.07, 6.45) is 1.05. The summed E-state index contributed by atoms with van der Waals surface area (Å²) in [7, 11) is 4.18.